The zero-order chi connectivity index (χ0) is 23.4. The molecular weight excluding hydrogens is 440 g/mol. The van der Waals surface area contributed by atoms with Crippen LogP contribution in [0.3, 0.4) is 0 Å². The molecule has 0 aliphatic rings. The van der Waals surface area contributed by atoms with Crippen molar-refractivity contribution in [3.05, 3.63) is 96.3 Å². The maximum atomic E-state index is 13.0. The Morgan fingerprint density at radius 3 is 2.33 bits per heavy atom. The van der Waals surface area contributed by atoms with Crippen LogP contribution in [0.2, 0.25) is 0 Å². The summed E-state index contributed by atoms with van der Waals surface area (Å²) in [6, 6.07) is 22.3. The summed E-state index contributed by atoms with van der Waals surface area (Å²) in [4.78, 5) is 12.8. The van der Waals surface area contributed by atoms with E-state index in [0.717, 1.165) is 5.69 Å². The number of hydrogen-bond donors (Lipinski definition) is 2. The van der Waals surface area contributed by atoms with Crippen molar-refractivity contribution < 1.29 is 17.9 Å². The molecule has 3 aromatic carbocycles. The third-order valence-electron chi connectivity index (χ3n) is 4.92. The van der Waals surface area contributed by atoms with E-state index in [1.165, 1.54) is 13.2 Å². The van der Waals surface area contributed by atoms with Gasteiger partial charge in [-0.25, -0.2) is 13.1 Å². The zero-order valence-electron chi connectivity index (χ0n) is 18.0. The Morgan fingerprint density at radius 2 is 1.64 bits per heavy atom. The molecule has 0 saturated carbocycles. The van der Waals surface area contributed by atoms with Crippen LogP contribution in [-0.4, -0.2) is 31.2 Å². The second kappa shape index (κ2) is 9.17. The average molecular weight is 463 g/mol. The third kappa shape index (κ3) is 5.04. The molecule has 0 radical (unpaired) electrons. The highest BCUT2D eigenvalue weighted by molar-refractivity contribution is 7.92. The van der Waals surface area contributed by atoms with Gasteiger partial charge >= 0.3 is 0 Å². The Hall–Kier alpha value is -4.11. The van der Waals surface area contributed by atoms with Gasteiger partial charge in [0.25, 0.3) is 15.9 Å². The summed E-state index contributed by atoms with van der Waals surface area (Å²) in [6.07, 6.45) is 1.69. The summed E-state index contributed by atoms with van der Waals surface area (Å²) in [5.41, 5.74) is 2.32. The standard InChI is InChI=1S/C24H22N4O4S/c1-17-8-9-19(16-23(17)33(30,31)27-18-10-12-21(32-2)13-11-18)25-24(29)22-14-15-28(26-22)20-6-4-3-5-7-20/h3-16,27H,1-2H3,(H,25,29). The lowest BCUT2D eigenvalue weighted by atomic mass is 10.2. The van der Waals surface area contributed by atoms with Crippen molar-refractivity contribution in [3.63, 3.8) is 0 Å². The molecule has 4 aromatic rings. The minimum absolute atomic E-state index is 0.0610. The van der Waals surface area contributed by atoms with Crippen LogP contribution in [0.15, 0.2) is 90.0 Å². The first-order chi connectivity index (χ1) is 15.9. The number of methoxy groups -OCH3 is 1. The van der Waals surface area contributed by atoms with Crippen LogP contribution in [0.4, 0.5) is 11.4 Å². The van der Waals surface area contributed by atoms with Crippen LogP contribution in [-0.2, 0) is 10.0 Å². The van der Waals surface area contributed by atoms with Crippen LogP contribution in [0, 0.1) is 6.92 Å². The maximum Gasteiger partial charge on any atom is 0.276 e. The highest BCUT2D eigenvalue weighted by Gasteiger charge is 2.19. The number of nitrogens with one attached hydrogen (secondary N) is 2. The first-order valence-corrected chi connectivity index (χ1v) is 11.5. The van der Waals surface area contributed by atoms with Crippen LogP contribution in [0.5, 0.6) is 5.75 Å². The van der Waals surface area contributed by atoms with E-state index in [4.69, 9.17) is 4.74 Å². The number of sulfonamides is 1. The molecule has 2 N–H and O–H groups in total. The number of hydrogen-bond acceptors (Lipinski definition) is 5. The van der Waals surface area contributed by atoms with E-state index in [-0.39, 0.29) is 10.6 Å². The van der Waals surface area contributed by atoms with E-state index >= 15 is 0 Å². The first-order valence-electron chi connectivity index (χ1n) is 10.1. The molecule has 0 aliphatic carbocycles. The van der Waals surface area contributed by atoms with Crippen LogP contribution >= 0.6 is 0 Å². The fourth-order valence-corrected chi connectivity index (χ4v) is 4.53. The fraction of sp³-hybridized carbons (Fsp3) is 0.0833. The largest absolute Gasteiger partial charge is 0.497 e. The number of carbonyl (C=O) groups is 1. The summed E-state index contributed by atoms with van der Waals surface area (Å²) >= 11 is 0. The predicted octanol–water partition coefficient (Wildman–Crippen LogP) is 4.24. The fourth-order valence-electron chi connectivity index (χ4n) is 3.20. The molecule has 168 valence electrons. The summed E-state index contributed by atoms with van der Waals surface area (Å²) in [7, 11) is -2.34. The number of nitrogens with zero attached hydrogens (tertiary/aromatic N) is 2. The third-order valence-corrected chi connectivity index (χ3v) is 6.44. The van der Waals surface area contributed by atoms with Crippen molar-refractivity contribution in [1.82, 2.24) is 9.78 Å². The number of para-hydroxylation sites is 1. The molecule has 8 nitrogen and oxygen atoms in total. The quantitative estimate of drug-likeness (QED) is 0.428. The Balaban J connectivity index is 1.53. The van der Waals surface area contributed by atoms with Gasteiger partial charge in [-0.3, -0.25) is 9.52 Å². The Kier molecular flexibility index (Phi) is 6.14. The van der Waals surface area contributed by atoms with Crippen LogP contribution in [0.1, 0.15) is 16.1 Å². The van der Waals surface area contributed by atoms with Crippen molar-refractivity contribution >= 4 is 27.3 Å². The van der Waals surface area contributed by atoms with E-state index in [9.17, 15) is 13.2 Å². The van der Waals surface area contributed by atoms with E-state index in [1.54, 1.807) is 60.3 Å². The van der Waals surface area contributed by atoms with Gasteiger partial charge in [0.1, 0.15) is 5.75 Å². The molecule has 0 unspecified atom stereocenters. The lowest BCUT2D eigenvalue weighted by Gasteiger charge is -2.13. The highest BCUT2D eigenvalue weighted by Crippen LogP contribution is 2.24. The summed E-state index contributed by atoms with van der Waals surface area (Å²) in [5.74, 6) is 0.175. The Bertz CT molecular complexity index is 1380. The van der Waals surface area contributed by atoms with Gasteiger partial charge in [-0.15, -0.1) is 0 Å². The van der Waals surface area contributed by atoms with Gasteiger partial charge in [0, 0.05) is 17.6 Å². The van der Waals surface area contributed by atoms with Gasteiger partial charge < -0.3 is 10.1 Å². The lowest BCUT2D eigenvalue weighted by Crippen LogP contribution is -2.16. The number of aryl methyl sites for hydroxylation is 1. The van der Waals surface area contributed by atoms with Gasteiger partial charge in [-0.1, -0.05) is 24.3 Å². The topological polar surface area (TPSA) is 102 Å². The molecule has 33 heavy (non-hydrogen) atoms. The van der Waals surface area contributed by atoms with Gasteiger partial charge in [0.15, 0.2) is 5.69 Å². The molecule has 0 spiro atoms. The van der Waals surface area contributed by atoms with E-state index < -0.39 is 15.9 Å². The maximum absolute atomic E-state index is 13.0. The van der Waals surface area contributed by atoms with Crippen LogP contribution in [0.25, 0.3) is 5.69 Å². The zero-order valence-corrected chi connectivity index (χ0v) is 18.8. The molecule has 0 saturated heterocycles. The molecule has 0 bridgehead atoms. The van der Waals surface area contributed by atoms with Crippen molar-refractivity contribution in [2.24, 2.45) is 0 Å². The summed E-state index contributed by atoms with van der Waals surface area (Å²) in [5, 5.41) is 7.02. The Labute approximate surface area is 191 Å². The summed E-state index contributed by atoms with van der Waals surface area (Å²) < 4.78 is 35.2. The normalized spacial score (nSPS) is 11.1. The molecule has 0 fully saturated rings. The second-order valence-corrected chi connectivity index (χ2v) is 8.90. The number of benzene rings is 3. The first kappa shape index (κ1) is 22.1. The second-order valence-electron chi connectivity index (χ2n) is 7.25. The van der Waals surface area contributed by atoms with Gasteiger partial charge in [0.05, 0.1) is 17.7 Å². The molecule has 0 aliphatic heterocycles. The van der Waals surface area contributed by atoms with Gasteiger partial charge in [-0.05, 0) is 67.1 Å². The van der Waals surface area contributed by atoms with Gasteiger partial charge in [-0.2, -0.15) is 5.10 Å². The highest BCUT2D eigenvalue weighted by atomic mass is 32.2. The monoisotopic (exact) mass is 462 g/mol. The molecular formula is C24H22N4O4S. The van der Waals surface area contributed by atoms with Crippen molar-refractivity contribution in [1.29, 1.82) is 0 Å². The predicted molar refractivity (Wildman–Crippen MR) is 126 cm³/mol. The average Bonchev–Trinajstić information content (AvgIpc) is 3.32. The van der Waals surface area contributed by atoms with Crippen LogP contribution < -0.4 is 14.8 Å². The molecule has 4 rings (SSSR count). The molecule has 1 amide bonds. The number of anilines is 2. The lowest BCUT2D eigenvalue weighted by molar-refractivity contribution is 0.102. The number of carbonyl (C=O) groups excluding carboxylic acids is 1. The molecule has 1 heterocycles. The smallest absolute Gasteiger partial charge is 0.276 e. The van der Waals surface area contributed by atoms with Crippen molar-refractivity contribution in [2.75, 3.05) is 17.1 Å². The molecule has 1 aromatic heterocycles. The molecule has 9 heteroatoms. The Morgan fingerprint density at radius 1 is 0.939 bits per heavy atom. The van der Waals surface area contributed by atoms with Gasteiger partial charge in [0.2, 0.25) is 0 Å². The van der Waals surface area contributed by atoms with Crippen molar-refractivity contribution in [2.45, 2.75) is 11.8 Å². The number of aromatic nitrogens is 2. The molecule has 0 atom stereocenters. The minimum Gasteiger partial charge on any atom is -0.497 e. The minimum atomic E-state index is -3.88. The number of rotatable bonds is 7. The SMILES string of the molecule is COc1ccc(NS(=O)(=O)c2cc(NC(=O)c3ccn(-c4ccccc4)n3)ccc2C)cc1. The number of amides is 1. The summed E-state index contributed by atoms with van der Waals surface area (Å²) in [6.45, 7) is 1.69. The van der Waals surface area contributed by atoms with E-state index in [0.29, 0.717) is 22.7 Å². The van der Waals surface area contributed by atoms with E-state index in [1.807, 2.05) is 30.3 Å². The number of ether oxygens (including phenoxy) is 1. The van der Waals surface area contributed by atoms with E-state index in [2.05, 4.69) is 15.1 Å². The van der Waals surface area contributed by atoms with Crippen molar-refractivity contribution in [3.8, 4) is 11.4 Å².